The van der Waals surface area contributed by atoms with Crippen LogP contribution < -0.4 is 5.32 Å². The van der Waals surface area contributed by atoms with Gasteiger partial charge in [-0.1, -0.05) is 55.4 Å². The molecule has 0 saturated heterocycles. The van der Waals surface area contributed by atoms with E-state index in [4.69, 9.17) is 4.52 Å². The molecule has 1 aliphatic rings. The van der Waals surface area contributed by atoms with Crippen molar-refractivity contribution in [3.63, 3.8) is 0 Å². The summed E-state index contributed by atoms with van der Waals surface area (Å²) in [5.41, 5.74) is 3.53. The first-order valence-corrected chi connectivity index (χ1v) is 11.0. The normalized spacial score (nSPS) is 15.1. The number of nitrogens with zero attached hydrogens (tertiary/aromatic N) is 2. The van der Waals surface area contributed by atoms with Gasteiger partial charge in [0.25, 0.3) is 5.89 Å². The van der Waals surface area contributed by atoms with Gasteiger partial charge in [0, 0.05) is 17.7 Å². The Balaban J connectivity index is 1.36. The van der Waals surface area contributed by atoms with Gasteiger partial charge >= 0.3 is 5.97 Å². The molecule has 1 aliphatic carbocycles. The number of carboxylic acids is 1. The van der Waals surface area contributed by atoms with E-state index in [1.807, 2.05) is 36.4 Å². The third kappa shape index (κ3) is 4.85. The van der Waals surface area contributed by atoms with Gasteiger partial charge in [0.1, 0.15) is 5.54 Å². The summed E-state index contributed by atoms with van der Waals surface area (Å²) in [7, 11) is 0. The second kappa shape index (κ2) is 9.02. The predicted molar refractivity (Wildman–Crippen MR) is 120 cm³/mol. The van der Waals surface area contributed by atoms with Crippen molar-refractivity contribution in [2.75, 3.05) is 6.54 Å². The predicted octanol–water partition coefficient (Wildman–Crippen LogP) is 4.74. The number of benzene rings is 2. The molecular weight excluding hydrogens is 390 g/mol. The standard InChI is InChI=1S/C25H29N3O3/c1-17(2)16-19-6-10-21(11-7-19)23-27-22(28-31-23)20-8-4-18(5-9-20)12-15-26-25(24(29)30)13-3-14-25/h4-11,17,26H,3,12-16H2,1-2H3,(H,29,30). The van der Waals surface area contributed by atoms with E-state index >= 15 is 0 Å². The van der Waals surface area contributed by atoms with Gasteiger partial charge in [-0.2, -0.15) is 4.98 Å². The molecule has 0 radical (unpaired) electrons. The fourth-order valence-electron chi connectivity index (χ4n) is 3.98. The Hall–Kier alpha value is -2.99. The van der Waals surface area contributed by atoms with Crippen LogP contribution in [-0.4, -0.2) is 33.3 Å². The Labute approximate surface area is 182 Å². The highest BCUT2D eigenvalue weighted by Crippen LogP contribution is 2.32. The van der Waals surface area contributed by atoms with Crippen molar-refractivity contribution < 1.29 is 14.4 Å². The van der Waals surface area contributed by atoms with Gasteiger partial charge in [-0.25, -0.2) is 0 Å². The van der Waals surface area contributed by atoms with E-state index < -0.39 is 11.5 Å². The summed E-state index contributed by atoms with van der Waals surface area (Å²) >= 11 is 0. The van der Waals surface area contributed by atoms with E-state index in [9.17, 15) is 9.90 Å². The van der Waals surface area contributed by atoms with Gasteiger partial charge in [0.15, 0.2) is 0 Å². The molecule has 2 N–H and O–H groups in total. The van der Waals surface area contributed by atoms with Gasteiger partial charge < -0.3 is 14.9 Å². The Morgan fingerprint density at radius 2 is 1.71 bits per heavy atom. The summed E-state index contributed by atoms with van der Waals surface area (Å²) < 4.78 is 5.47. The maximum absolute atomic E-state index is 11.4. The monoisotopic (exact) mass is 419 g/mol. The van der Waals surface area contributed by atoms with Crippen LogP contribution in [0.25, 0.3) is 22.8 Å². The molecular formula is C25H29N3O3. The lowest BCUT2D eigenvalue weighted by Crippen LogP contribution is -2.57. The lowest BCUT2D eigenvalue weighted by atomic mass is 9.76. The zero-order valence-electron chi connectivity index (χ0n) is 18.1. The zero-order chi connectivity index (χ0) is 21.8. The topological polar surface area (TPSA) is 88.2 Å². The summed E-state index contributed by atoms with van der Waals surface area (Å²) in [5, 5.41) is 16.7. The highest BCUT2D eigenvalue weighted by Gasteiger charge is 2.43. The van der Waals surface area contributed by atoms with Crippen molar-refractivity contribution in [2.45, 2.75) is 51.5 Å². The summed E-state index contributed by atoms with van der Waals surface area (Å²) in [6.45, 7) is 5.06. The third-order valence-electron chi connectivity index (χ3n) is 5.98. The average molecular weight is 420 g/mol. The first-order valence-electron chi connectivity index (χ1n) is 11.0. The zero-order valence-corrected chi connectivity index (χ0v) is 18.1. The molecule has 0 amide bonds. The van der Waals surface area contributed by atoms with E-state index in [1.165, 1.54) is 5.56 Å². The smallest absolute Gasteiger partial charge is 0.323 e. The van der Waals surface area contributed by atoms with Crippen LogP contribution in [0.15, 0.2) is 53.1 Å². The van der Waals surface area contributed by atoms with E-state index in [0.717, 1.165) is 36.0 Å². The number of rotatable bonds is 9. The van der Waals surface area contributed by atoms with Crippen molar-refractivity contribution in [1.29, 1.82) is 0 Å². The summed E-state index contributed by atoms with van der Waals surface area (Å²) in [4.78, 5) is 16.0. The van der Waals surface area contributed by atoms with Gasteiger partial charge in [-0.05, 0) is 61.3 Å². The van der Waals surface area contributed by atoms with Crippen LogP contribution in [0.3, 0.4) is 0 Å². The fourth-order valence-corrected chi connectivity index (χ4v) is 3.98. The number of hydrogen-bond donors (Lipinski definition) is 2. The molecule has 3 aromatic rings. The van der Waals surface area contributed by atoms with Crippen LogP contribution in [0.4, 0.5) is 0 Å². The third-order valence-corrected chi connectivity index (χ3v) is 5.98. The molecule has 1 heterocycles. The molecule has 2 aromatic carbocycles. The molecule has 31 heavy (non-hydrogen) atoms. The number of aromatic nitrogens is 2. The van der Waals surface area contributed by atoms with E-state index in [-0.39, 0.29) is 0 Å². The molecule has 6 heteroatoms. The van der Waals surface area contributed by atoms with Gasteiger partial charge in [-0.15, -0.1) is 0 Å². The lowest BCUT2D eigenvalue weighted by molar-refractivity contribution is -0.148. The van der Waals surface area contributed by atoms with E-state index in [0.29, 0.717) is 37.0 Å². The van der Waals surface area contributed by atoms with Gasteiger partial charge in [-0.3, -0.25) is 4.79 Å². The van der Waals surface area contributed by atoms with Crippen molar-refractivity contribution in [1.82, 2.24) is 15.5 Å². The summed E-state index contributed by atoms with van der Waals surface area (Å²) in [6, 6.07) is 16.3. The minimum atomic E-state index is -0.739. The number of carbonyl (C=O) groups is 1. The second-order valence-electron chi connectivity index (χ2n) is 8.83. The molecule has 0 aliphatic heterocycles. The average Bonchev–Trinajstić information content (AvgIpc) is 3.20. The molecule has 0 spiro atoms. The Morgan fingerprint density at radius 1 is 1.06 bits per heavy atom. The quantitative estimate of drug-likeness (QED) is 0.521. The number of nitrogens with one attached hydrogen (secondary N) is 1. The van der Waals surface area contributed by atoms with Crippen molar-refractivity contribution >= 4 is 5.97 Å². The largest absolute Gasteiger partial charge is 0.480 e. The molecule has 4 rings (SSSR count). The summed E-state index contributed by atoms with van der Waals surface area (Å²) in [6.07, 6.45) is 4.22. The van der Waals surface area contributed by atoms with Gasteiger partial charge in [0.2, 0.25) is 5.82 Å². The first kappa shape index (κ1) is 21.2. The van der Waals surface area contributed by atoms with Crippen molar-refractivity contribution in [3.8, 4) is 22.8 Å². The van der Waals surface area contributed by atoms with Crippen LogP contribution in [0.5, 0.6) is 0 Å². The Morgan fingerprint density at radius 3 is 2.29 bits per heavy atom. The second-order valence-corrected chi connectivity index (χ2v) is 8.83. The van der Waals surface area contributed by atoms with Crippen molar-refractivity contribution in [2.24, 2.45) is 5.92 Å². The van der Waals surface area contributed by atoms with Gasteiger partial charge in [0.05, 0.1) is 0 Å². The van der Waals surface area contributed by atoms with Crippen LogP contribution in [-0.2, 0) is 17.6 Å². The molecule has 1 aromatic heterocycles. The molecule has 0 atom stereocenters. The molecule has 162 valence electrons. The number of hydrogen-bond acceptors (Lipinski definition) is 5. The van der Waals surface area contributed by atoms with Crippen LogP contribution in [0.1, 0.15) is 44.2 Å². The van der Waals surface area contributed by atoms with Crippen LogP contribution in [0, 0.1) is 5.92 Å². The van der Waals surface area contributed by atoms with E-state index in [2.05, 4.69) is 41.4 Å². The highest BCUT2D eigenvalue weighted by atomic mass is 16.5. The maximum atomic E-state index is 11.4. The minimum Gasteiger partial charge on any atom is -0.480 e. The SMILES string of the molecule is CC(C)Cc1ccc(-c2nc(-c3ccc(CCNC4(C(=O)O)CCC4)cc3)no2)cc1. The van der Waals surface area contributed by atoms with Crippen molar-refractivity contribution in [3.05, 3.63) is 59.7 Å². The number of carboxylic acid groups (broad SMARTS) is 1. The Bertz CT molecular complexity index is 1020. The molecule has 6 nitrogen and oxygen atoms in total. The highest BCUT2D eigenvalue weighted by molar-refractivity contribution is 5.80. The first-order chi connectivity index (χ1) is 14.9. The molecule has 1 saturated carbocycles. The van der Waals surface area contributed by atoms with Crippen LogP contribution in [0.2, 0.25) is 0 Å². The number of aliphatic carboxylic acids is 1. The lowest BCUT2D eigenvalue weighted by Gasteiger charge is -2.38. The van der Waals surface area contributed by atoms with E-state index in [1.54, 1.807) is 0 Å². The fraction of sp³-hybridized carbons (Fsp3) is 0.400. The van der Waals surface area contributed by atoms with Crippen LogP contribution >= 0.6 is 0 Å². The molecule has 0 bridgehead atoms. The maximum Gasteiger partial charge on any atom is 0.323 e. The minimum absolute atomic E-state index is 0.513. The Kier molecular flexibility index (Phi) is 6.18. The molecule has 1 fully saturated rings. The summed E-state index contributed by atoms with van der Waals surface area (Å²) in [5.74, 6) is 0.955. The molecule has 0 unspecified atom stereocenters.